The van der Waals surface area contributed by atoms with E-state index in [0.29, 0.717) is 54.2 Å². The van der Waals surface area contributed by atoms with Gasteiger partial charge >= 0.3 is 0 Å². The summed E-state index contributed by atoms with van der Waals surface area (Å²) < 4.78 is 55.5. The van der Waals surface area contributed by atoms with E-state index < -0.39 is 17.7 Å². The molecule has 6 nitrogen and oxygen atoms in total. The number of aryl methyl sites for hydroxylation is 2. The molecule has 1 unspecified atom stereocenters. The molecule has 0 bridgehead atoms. The molecule has 2 aromatic heterocycles. The average Bonchev–Trinajstić information content (AvgIpc) is 3.72. The van der Waals surface area contributed by atoms with Gasteiger partial charge in [-0.05, 0) is 62.3 Å². The summed E-state index contributed by atoms with van der Waals surface area (Å²) in [5, 5.41) is 11.1. The first-order valence-corrected chi connectivity index (χ1v) is 17.0. The van der Waals surface area contributed by atoms with E-state index in [1.807, 2.05) is 6.92 Å². The van der Waals surface area contributed by atoms with Gasteiger partial charge in [-0.15, -0.1) is 11.3 Å². The molecule has 0 saturated carbocycles. The molecule has 1 atom stereocenters. The third kappa shape index (κ3) is 5.69. The van der Waals surface area contributed by atoms with Crippen LogP contribution in [0.2, 0.25) is 5.02 Å². The second-order valence-electron chi connectivity index (χ2n) is 12.1. The molecule has 0 radical (unpaired) electrons. The highest BCUT2D eigenvalue weighted by Gasteiger charge is 2.34. The molecule has 2 saturated heterocycles. The van der Waals surface area contributed by atoms with Crippen molar-refractivity contribution >= 4 is 54.7 Å². The fourth-order valence-electron chi connectivity index (χ4n) is 6.96. The van der Waals surface area contributed by atoms with Crippen LogP contribution in [0, 0.1) is 23.0 Å². The van der Waals surface area contributed by atoms with Gasteiger partial charge in [0.15, 0.2) is 5.82 Å². The fourth-order valence-corrected chi connectivity index (χ4v) is 8.28. The number of nitrogen functional groups attached to an aromatic ring is 1. The van der Waals surface area contributed by atoms with Crippen LogP contribution in [0.4, 0.5) is 28.4 Å². The van der Waals surface area contributed by atoms with Crippen LogP contribution < -0.4 is 10.6 Å². The second-order valence-corrected chi connectivity index (χ2v) is 13.5. The van der Waals surface area contributed by atoms with Crippen molar-refractivity contribution in [3.8, 4) is 17.2 Å². The Hall–Kier alpha value is -3.46. The molecule has 46 heavy (non-hydrogen) atoms. The maximum Gasteiger partial charge on any atom is 0.270 e. The zero-order valence-corrected chi connectivity index (χ0v) is 27.4. The van der Waals surface area contributed by atoms with E-state index in [4.69, 9.17) is 22.3 Å². The Labute approximate surface area is 274 Å². The lowest BCUT2D eigenvalue weighted by Gasteiger charge is -2.24. The Morgan fingerprint density at radius 1 is 1.15 bits per heavy atom. The number of anilines is 2. The summed E-state index contributed by atoms with van der Waals surface area (Å²) in [6, 6.07) is 5.23. The van der Waals surface area contributed by atoms with Gasteiger partial charge in [0, 0.05) is 48.6 Å². The van der Waals surface area contributed by atoms with Crippen molar-refractivity contribution in [1.29, 1.82) is 5.26 Å². The Morgan fingerprint density at radius 2 is 1.96 bits per heavy atom. The number of halogens is 5. The number of nitriles is 1. The van der Waals surface area contributed by atoms with Crippen molar-refractivity contribution in [3.63, 3.8) is 0 Å². The highest BCUT2D eigenvalue weighted by Crippen LogP contribution is 2.48. The first-order valence-electron chi connectivity index (χ1n) is 15.8. The number of fused-ring (bicyclic) bond motifs is 2. The molecule has 12 heteroatoms. The molecule has 7 rings (SSSR count). The molecule has 2 aromatic carbocycles. The van der Waals surface area contributed by atoms with Crippen molar-refractivity contribution in [2.45, 2.75) is 71.3 Å². The summed E-state index contributed by atoms with van der Waals surface area (Å²) in [5.74, 6) is 0.172. The van der Waals surface area contributed by atoms with E-state index in [0.717, 1.165) is 68.0 Å². The van der Waals surface area contributed by atoms with Crippen LogP contribution in [-0.2, 0) is 12.8 Å². The molecule has 3 aliphatic heterocycles. The summed E-state index contributed by atoms with van der Waals surface area (Å²) in [4.78, 5) is 13.8. The van der Waals surface area contributed by atoms with Crippen LogP contribution in [-0.4, -0.2) is 47.1 Å². The number of aromatic nitrogens is 2. The Morgan fingerprint density at radius 3 is 2.65 bits per heavy atom. The molecule has 0 amide bonds. The Bertz CT molecular complexity index is 1880. The molecular formula is C34H35ClF4N6S. The van der Waals surface area contributed by atoms with Crippen molar-refractivity contribution in [2.75, 3.05) is 36.8 Å². The van der Waals surface area contributed by atoms with Crippen molar-refractivity contribution in [3.05, 3.63) is 57.4 Å². The number of thiophene rings is 1. The van der Waals surface area contributed by atoms with Crippen LogP contribution in [0.15, 0.2) is 23.8 Å². The van der Waals surface area contributed by atoms with Gasteiger partial charge in [0.2, 0.25) is 0 Å². The van der Waals surface area contributed by atoms with E-state index in [-0.39, 0.29) is 36.8 Å². The standard InChI is InChI=1S/C26H24ClF2N5S.C8H11F2N/c1-3-5-10-34-11-6-7-14-20-23(32-17(4-2)33-26(20)34)22(29)19(21(14)27)13-8-9-16(28)24-18(13)15(12-30)25(31)35-24;9-8(10)6-4-7-2-1-3-11(7)5-6/h8-9H,3-7,10-11,31H2,1-2H3;7H,1-5H2. The minimum atomic E-state index is -1.44. The minimum absolute atomic E-state index is 0.127. The second kappa shape index (κ2) is 13.3. The van der Waals surface area contributed by atoms with Crippen molar-refractivity contribution < 1.29 is 17.6 Å². The summed E-state index contributed by atoms with van der Waals surface area (Å²) >= 11 is 7.93. The van der Waals surface area contributed by atoms with E-state index in [1.54, 1.807) is 0 Å². The van der Waals surface area contributed by atoms with E-state index in [2.05, 4.69) is 27.8 Å². The zero-order chi connectivity index (χ0) is 32.7. The Balaban J connectivity index is 0.000000283. The lowest BCUT2D eigenvalue weighted by Crippen LogP contribution is -2.26. The predicted octanol–water partition coefficient (Wildman–Crippen LogP) is 9.02. The number of benzene rings is 2. The highest BCUT2D eigenvalue weighted by molar-refractivity contribution is 7.23. The summed E-state index contributed by atoms with van der Waals surface area (Å²) in [5.41, 5.74) is 7.99. The van der Waals surface area contributed by atoms with Gasteiger partial charge in [-0.25, -0.2) is 18.7 Å². The van der Waals surface area contributed by atoms with Crippen molar-refractivity contribution in [1.82, 2.24) is 14.9 Å². The highest BCUT2D eigenvalue weighted by atomic mass is 35.5. The molecule has 2 N–H and O–H groups in total. The third-order valence-corrected chi connectivity index (χ3v) is 10.7. The normalized spacial score (nSPS) is 17.7. The molecule has 2 fully saturated rings. The van der Waals surface area contributed by atoms with Crippen LogP contribution >= 0.6 is 22.9 Å². The molecule has 242 valence electrons. The number of rotatable bonds is 5. The van der Waals surface area contributed by atoms with Gasteiger partial charge in [0.1, 0.15) is 34.0 Å². The monoisotopic (exact) mass is 670 g/mol. The topological polar surface area (TPSA) is 82.1 Å². The van der Waals surface area contributed by atoms with Gasteiger partial charge in [-0.3, -0.25) is 4.90 Å². The average molecular weight is 671 g/mol. The Kier molecular flexibility index (Phi) is 9.42. The smallest absolute Gasteiger partial charge is 0.270 e. The summed E-state index contributed by atoms with van der Waals surface area (Å²) in [6.45, 7) is 7.22. The summed E-state index contributed by atoms with van der Waals surface area (Å²) in [7, 11) is 0. The first kappa shape index (κ1) is 32.5. The number of hydrogen-bond donors (Lipinski definition) is 1. The minimum Gasteiger partial charge on any atom is -0.389 e. The zero-order valence-electron chi connectivity index (χ0n) is 25.8. The van der Waals surface area contributed by atoms with Crippen LogP contribution in [0.25, 0.3) is 32.1 Å². The van der Waals surface area contributed by atoms with Crippen LogP contribution in [0.1, 0.15) is 69.3 Å². The number of nitrogens with two attached hydrogens (primary N) is 1. The quantitative estimate of drug-likeness (QED) is 0.214. The van der Waals surface area contributed by atoms with E-state index in [1.165, 1.54) is 18.6 Å². The van der Waals surface area contributed by atoms with Gasteiger partial charge < -0.3 is 10.6 Å². The van der Waals surface area contributed by atoms with Gasteiger partial charge in [0.05, 0.1) is 20.7 Å². The predicted molar refractivity (Wildman–Crippen MR) is 178 cm³/mol. The first-order chi connectivity index (χ1) is 22.2. The summed E-state index contributed by atoms with van der Waals surface area (Å²) in [6.07, 6.45) is 5.52. The SMILES string of the molecule is CCCCN1CCCc2c(Cl)c(-c3ccc(F)c4sc(N)c(C#N)c34)c(F)c3nc(CC)nc1c23.FC(F)=C1CC2CCCN2C1. The fraction of sp³-hybridized carbons (Fsp3) is 0.441. The van der Waals surface area contributed by atoms with Crippen LogP contribution in [0.3, 0.4) is 0 Å². The maximum absolute atomic E-state index is 16.4. The molecule has 0 aliphatic carbocycles. The van der Waals surface area contributed by atoms with Crippen LogP contribution in [0.5, 0.6) is 0 Å². The molecule has 3 aliphatic rings. The number of hydrogen-bond acceptors (Lipinski definition) is 7. The molecule has 0 spiro atoms. The van der Waals surface area contributed by atoms with E-state index in [9.17, 15) is 18.4 Å². The van der Waals surface area contributed by atoms with Gasteiger partial charge in [-0.2, -0.15) is 14.0 Å². The number of unbranched alkanes of at least 4 members (excludes halogenated alkanes) is 1. The molecular weight excluding hydrogens is 636 g/mol. The van der Waals surface area contributed by atoms with Gasteiger partial charge in [-0.1, -0.05) is 37.9 Å². The third-order valence-electron chi connectivity index (χ3n) is 9.24. The van der Waals surface area contributed by atoms with Gasteiger partial charge in [0.25, 0.3) is 6.08 Å². The lowest BCUT2D eigenvalue weighted by molar-refractivity contribution is 0.326. The maximum atomic E-state index is 16.4. The number of nitrogens with zero attached hydrogens (tertiary/aromatic N) is 5. The molecule has 4 aromatic rings. The lowest BCUT2D eigenvalue weighted by atomic mass is 9.93. The largest absolute Gasteiger partial charge is 0.389 e. The van der Waals surface area contributed by atoms with E-state index >= 15 is 4.39 Å². The molecule has 5 heterocycles. The van der Waals surface area contributed by atoms with Crippen molar-refractivity contribution in [2.24, 2.45) is 0 Å².